The lowest BCUT2D eigenvalue weighted by atomic mass is 9.92. The second kappa shape index (κ2) is 5.85. The summed E-state index contributed by atoms with van der Waals surface area (Å²) in [5.41, 5.74) is 7.59. The van der Waals surface area contributed by atoms with Gasteiger partial charge in [-0.05, 0) is 49.9 Å². The topological polar surface area (TPSA) is 41.7 Å². The van der Waals surface area contributed by atoms with Gasteiger partial charge in [0.15, 0.2) is 0 Å². The highest BCUT2D eigenvalue weighted by atomic mass is 16.5. The molecule has 2 N–H and O–H groups in total. The van der Waals surface area contributed by atoms with E-state index in [0.29, 0.717) is 0 Å². The monoisotopic (exact) mass is 289 g/mol. The van der Waals surface area contributed by atoms with Crippen LogP contribution in [0.3, 0.4) is 0 Å². The largest absolute Gasteiger partial charge is 0.497 e. The number of rotatable bonds is 5. The molecule has 1 unspecified atom stereocenters. The predicted molar refractivity (Wildman–Crippen MR) is 87.0 cm³/mol. The van der Waals surface area contributed by atoms with Gasteiger partial charge in [0.1, 0.15) is 5.75 Å². The van der Waals surface area contributed by atoms with Crippen molar-refractivity contribution in [2.45, 2.75) is 25.3 Å². The lowest BCUT2D eigenvalue weighted by Gasteiger charge is -2.46. The molecule has 0 aromatic heterocycles. The number of nitrogens with zero attached hydrogens (tertiary/aromatic N) is 2. The van der Waals surface area contributed by atoms with E-state index in [-0.39, 0.29) is 5.54 Å². The normalized spacial score (nSPS) is 22.9. The molecule has 1 heterocycles. The standard InChI is InChI=1S/C17H27N3O/c1-17(13-18,14-3-4-14)20-11-9-19(10-12-20)15-5-7-16(21-2)8-6-15/h5-8,14H,3-4,9-13,18H2,1-2H3. The van der Waals surface area contributed by atoms with Crippen LogP contribution in [0, 0.1) is 5.92 Å². The third-order valence-electron chi connectivity index (χ3n) is 5.31. The van der Waals surface area contributed by atoms with Crippen molar-refractivity contribution in [3.8, 4) is 5.75 Å². The van der Waals surface area contributed by atoms with Crippen LogP contribution in [0.2, 0.25) is 0 Å². The Morgan fingerprint density at radius 3 is 2.24 bits per heavy atom. The first-order chi connectivity index (χ1) is 10.2. The molecular formula is C17H27N3O. The molecule has 0 radical (unpaired) electrons. The first kappa shape index (κ1) is 14.7. The van der Waals surface area contributed by atoms with Crippen LogP contribution in [0.1, 0.15) is 19.8 Å². The fraction of sp³-hybridized carbons (Fsp3) is 0.647. The lowest BCUT2D eigenvalue weighted by Crippen LogP contribution is -2.60. The molecular weight excluding hydrogens is 262 g/mol. The van der Waals surface area contributed by atoms with Crippen molar-refractivity contribution in [2.75, 3.05) is 44.7 Å². The van der Waals surface area contributed by atoms with E-state index < -0.39 is 0 Å². The predicted octanol–water partition coefficient (Wildman–Crippen LogP) is 1.94. The van der Waals surface area contributed by atoms with Crippen LogP contribution in [-0.4, -0.2) is 50.3 Å². The zero-order valence-corrected chi connectivity index (χ0v) is 13.2. The van der Waals surface area contributed by atoms with Gasteiger partial charge in [0, 0.05) is 44.0 Å². The molecule has 2 fully saturated rings. The van der Waals surface area contributed by atoms with E-state index >= 15 is 0 Å². The van der Waals surface area contributed by atoms with Crippen molar-refractivity contribution in [2.24, 2.45) is 11.7 Å². The smallest absolute Gasteiger partial charge is 0.119 e. The molecule has 1 aliphatic carbocycles. The van der Waals surface area contributed by atoms with Gasteiger partial charge in [0.05, 0.1) is 7.11 Å². The zero-order valence-electron chi connectivity index (χ0n) is 13.2. The van der Waals surface area contributed by atoms with Crippen molar-refractivity contribution in [1.29, 1.82) is 0 Å². The summed E-state index contributed by atoms with van der Waals surface area (Å²) in [5, 5.41) is 0. The van der Waals surface area contributed by atoms with Crippen molar-refractivity contribution in [3.05, 3.63) is 24.3 Å². The minimum absolute atomic E-state index is 0.214. The van der Waals surface area contributed by atoms with E-state index in [4.69, 9.17) is 10.5 Å². The van der Waals surface area contributed by atoms with Crippen LogP contribution in [-0.2, 0) is 0 Å². The van der Waals surface area contributed by atoms with Gasteiger partial charge in [-0.2, -0.15) is 0 Å². The maximum absolute atomic E-state index is 6.09. The summed E-state index contributed by atoms with van der Waals surface area (Å²) in [6.45, 7) is 7.50. The first-order valence-electron chi connectivity index (χ1n) is 8.01. The van der Waals surface area contributed by atoms with Gasteiger partial charge in [-0.15, -0.1) is 0 Å². The molecule has 4 heteroatoms. The molecule has 1 aromatic rings. The van der Waals surface area contributed by atoms with Gasteiger partial charge in [-0.3, -0.25) is 4.90 Å². The summed E-state index contributed by atoms with van der Waals surface area (Å²) in [4.78, 5) is 5.07. The van der Waals surface area contributed by atoms with E-state index in [1.165, 1.54) is 18.5 Å². The van der Waals surface area contributed by atoms with Gasteiger partial charge < -0.3 is 15.4 Å². The maximum Gasteiger partial charge on any atom is 0.119 e. The molecule has 3 rings (SSSR count). The van der Waals surface area contributed by atoms with Crippen molar-refractivity contribution in [1.82, 2.24) is 4.90 Å². The van der Waals surface area contributed by atoms with E-state index in [0.717, 1.165) is 44.4 Å². The minimum atomic E-state index is 0.214. The summed E-state index contributed by atoms with van der Waals surface area (Å²) >= 11 is 0. The summed E-state index contributed by atoms with van der Waals surface area (Å²) in [6, 6.07) is 8.38. The SMILES string of the molecule is COc1ccc(N2CCN(C(C)(CN)C3CC3)CC2)cc1. The average molecular weight is 289 g/mol. The number of ether oxygens (including phenoxy) is 1. The molecule has 1 saturated carbocycles. The highest BCUT2D eigenvalue weighted by Gasteiger charge is 2.45. The van der Waals surface area contributed by atoms with Gasteiger partial charge in [-0.25, -0.2) is 0 Å². The third-order valence-corrected chi connectivity index (χ3v) is 5.31. The van der Waals surface area contributed by atoms with Crippen LogP contribution in [0.4, 0.5) is 5.69 Å². The molecule has 2 aliphatic rings. The Balaban J connectivity index is 1.61. The molecule has 1 atom stereocenters. The van der Waals surface area contributed by atoms with Crippen LogP contribution in [0.15, 0.2) is 24.3 Å². The molecule has 0 spiro atoms. The second-order valence-electron chi connectivity index (χ2n) is 6.51. The number of hydrogen-bond donors (Lipinski definition) is 1. The number of benzene rings is 1. The summed E-state index contributed by atoms with van der Waals surface area (Å²) < 4.78 is 5.23. The van der Waals surface area contributed by atoms with Gasteiger partial charge in [0.2, 0.25) is 0 Å². The Hall–Kier alpha value is -1.26. The molecule has 1 aliphatic heterocycles. The Labute approximate surface area is 127 Å². The Bertz CT molecular complexity index is 463. The average Bonchev–Trinajstić information content (AvgIpc) is 3.40. The third kappa shape index (κ3) is 2.87. The van der Waals surface area contributed by atoms with Gasteiger partial charge in [0.25, 0.3) is 0 Å². The second-order valence-corrected chi connectivity index (χ2v) is 6.51. The van der Waals surface area contributed by atoms with Crippen LogP contribution in [0.5, 0.6) is 5.75 Å². The highest BCUT2D eigenvalue weighted by molar-refractivity contribution is 5.49. The van der Waals surface area contributed by atoms with Crippen LogP contribution >= 0.6 is 0 Å². The Morgan fingerprint density at radius 1 is 1.14 bits per heavy atom. The number of piperazine rings is 1. The zero-order chi connectivity index (χ0) is 14.9. The minimum Gasteiger partial charge on any atom is -0.497 e. The maximum atomic E-state index is 6.09. The number of methoxy groups -OCH3 is 1. The molecule has 1 aromatic carbocycles. The molecule has 4 nitrogen and oxygen atoms in total. The summed E-state index contributed by atoms with van der Waals surface area (Å²) in [5.74, 6) is 1.73. The Kier molecular flexibility index (Phi) is 4.09. The first-order valence-corrected chi connectivity index (χ1v) is 8.01. The number of nitrogens with two attached hydrogens (primary N) is 1. The van der Waals surface area contributed by atoms with Gasteiger partial charge in [-0.1, -0.05) is 0 Å². The van der Waals surface area contributed by atoms with Crippen molar-refractivity contribution >= 4 is 5.69 Å². The summed E-state index contributed by atoms with van der Waals surface area (Å²) in [6.07, 6.45) is 2.71. The summed E-state index contributed by atoms with van der Waals surface area (Å²) in [7, 11) is 1.71. The highest BCUT2D eigenvalue weighted by Crippen LogP contribution is 2.42. The van der Waals surface area contributed by atoms with Crippen molar-refractivity contribution in [3.63, 3.8) is 0 Å². The van der Waals surface area contributed by atoms with E-state index in [1.54, 1.807) is 7.11 Å². The number of anilines is 1. The molecule has 0 amide bonds. The molecule has 116 valence electrons. The van der Waals surface area contributed by atoms with E-state index in [1.807, 2.05) is 12.1 Å². The molecule has 1 saturated heterocycles. The quantitative estimate of drug-likeness (QED) is 0.899. The Morgan fingerprint density at radius 2 is 1.76 bits per heavy atom. The van der Waals surface area contributed by atoms with Crippen LogP contribution < -0.4 is 15.4 Å². The fourth-order valence-electron chi connectivity index (χ4n) is 3.53. The molecule has 21 heavy (non-hydrogen) atoms. The number of hydrogen-bond acceptors (Lipinski definition) is 4. The van der Waals surface area contributed by atoms with Gasteiger partial charge >= 0.3 is 0 Å². The fourth-order valence-corrected chi connectivity index (χ4v) is 3.53. The van der Waals surface area contributed by atoms with Crippen LogP contribution in [0.25, 0.3) is 0 Å². The lowest BCUT2D eigenvalue weighted by molar-refractivity contribution is 0.0826. The molecule has 0 bridgehead atoms. The van der Waals surface area contributed by atoms with E-state index in [2.05, 4.69) is 28.9 Å². The van der Waals surface area contributed by atoms with Crippen molar-refractivity contribution < 1.29 is 4.74 Å². The van der Waals surface area contributed by atoms with E-state index in [9.17, 15) is 0 Å².